The van der Waals surface area contributed by atoms with Crippen molar-refractivity contribution in [1.82, 2.24) is 4.73 Å². The molecule has 0 bridgehead atoms. The Morgan fingerprint density at radius 1 is 1.42 bits per heavy atom. The second kappa shape index (κ2) is 5.01. The molecule has 0 aliphatic heterocycles. The van der Waals surface area contributed by atoms with Gasteiger partial charge in [0.1, 0.15) is 16.8 Å². The number of aromatic nitrogens is 1. The molecule has 0 atom stereocenters. The molecule has 0 aliphatic carbocycles. The van der Waals surface area contributed by atoms with Gasteiger partial charge < -0.3 is 14.7 Å². The van der Waals surface area contributed by atoms with E-state index in [-0.39, 0.29) is 17.7 Å². The van der Waals surface area contributed by atoms with Crippen LogP contribution in [0.2, 0.25) is 0 Å². The Bertz CT molecular complexity index is 689. The predicted octanol–water partition coefficient (Wildman–Crippen LogP) is 1.42. The standard InChI is InChI=1S/C13H13NO5/c1-3-19-13(16)9-7-8-5-4-6-10(18-2)11(8)14(17)12(9)15/h4-7,17H,3H2,1-2H3. The maximum absolute atomic E-state index is 11.9. The van der Waals surface area contributed by atoms with Gasteiger partial charge in [0.05, 0.1) is 13.7 Å². The van der Waals surface area contributed by atoms with E-state index in [2.05, 4.69) is 0 Å². The Labute approximate surface area is 108 Å². The Balaban J connectivity index is 2.76. The highest BCUT2D eigenvalue weighted by atomic mass is 16.5. The van der Waals surface area contributed by atoms with E-state index >= 15 is 0 Å². The molecule has 6 heteroatoms. The lowest BCUT2D eigenvalue weighted by Crippen LogP contribution is -2.26. The van der Waals surface area contributed by atoms with Crippen LogP contribution in [-0.4, -0.2) is 29.6 Å². The summed E-state index contributed by atoms with van der Waals surface area (Å²) in [5.41, 5.74) is -0.844. The number of hydrogen-bond donors (Lipinski definition) is 1. The fraction of sp³-hybridized carbons (Fsp3) is 0.231. The molecule has 0 aliphatic rings. The van der Waals surface area contributed by atoms with Gasteiger partial charge in [-0.05, 0) is 19.1 Å². The highest BCUT2D eigenvalue weighted by Gasteiger charge is 2.18. The third kappa shape index (κ3) is 2.12. The number of rotatable bonds is 3. The van der Waals surface area contributed by atoms with Gasteiger partial charge in [0.2, 0.25) is 0 Å². The number of methoxy groups -OCH3 is 1. The minimum Gasteiger partial charge on any atom is -0.494 e. The van der Waals surface area contributed by atoms with Gasteiger partial charge in [0.15, 0.2) is 0 Å². The van der Waals surface area contributed by atoms with Crippen molar-refractivity contribution in [3.8, 4) is 5.75 Å². The first-order chi connectivity index (χ1) is 9.10. The number of carbonyl (C=O) groups is 1. The number of nitrogens with zero attached hydrogens (tertiary/aromatic N) is 1. The van der Waals surface area contributed by atoms with Gasteiger partial charge in [0.25, 0.3) is 5.56 Å². The number of ether oxygens (including phenoxy) is 2. The quantitative estimate of drug-likeness (QED) is 0.669. The molecule has 2 rings (SSSR count). The fourth-order valence-electron chi connectivity index (χ4n) is 1.84. The van der Waals surface area contributed by atoms with Gasteiger partial charge in [-0.1, -0.05) is 12.1 Å². The minimum absolute atomic E-state index is 0.153. The van der Waals surface area contributed by atoms with E-state index < -0.39 is 11.5 Å². The van der Waals surface area contributed by atoms with Crippen LogP contribution in [0.1, 0.15) is 17.3 Å². The lowest BCUT2D eigenvalue weighted by atomic mass is 10.1. The molecule has 1 aromatic carbocycles. The van der Waals surface area contributed by atoms with E-state index in [0.29, 0.717) is 15.9 Å². The summed E-state index contributed by atoms with van der Waals surface area (Å²) >= 11 is 0. The largest absolute Gasteiger partial charge is 0.494 e. The van der Waals surface area contributed by atoms with Crippen molar-refractivity contribution >= 4 is 16.9 Å². The normalized spacial score (nSPS) is 10.4. The molecular formula is C13H13NO5. The van der Waals surface area contributed by atoms with Crippen molar-refractivity contribution in [2.75, 3.05) is 13.7 Å². The summed E-state index contributed by atoms with van der Waals surface area (Å²) in [6, 6.07) is 6.34. The third-order valence-corrected chi connectivity index (χ3v) is 2.68. The third-order valence-electron chi connectivity index (χ3n) is 2.68. The van der Waals surface area contributed by atoms with Crippen molar-refractivity contribution in [3.63, 3.8) is 0 Å². The SMILES string of the molecule is CCOC(=O)c1cc2cccc(OC)c2n(O)c1=O. The van der Waals surface area contributed by atoms with E-state index in [1.807, 2.05) is 0 Å². The number of pyridine rings is 1. The molecule has 0 radical (unpaired) electrons. The summed E-state index contributed by atoms with van der Waals surface area (Å²) in [6.07, 6.45) is 0. The Kier molecular flexibility index (Phi) is 3.41. The predicted molar refractivity (Wildman–Crippen MR) is 67.9 cm³/mol. The smallest absolute Gasteiger partial charge is 0.343 e. The molecular weight excluding hydrogens is 250 g/mol. The molecule has 0 saturated heterocycles. The highest BCUT2D eigenvalue weighted by molar-refractivity contribution is 5.95. The van der Waals surface area contributed by atoms with Crippen LogP contribution >= 0.6 is 0 Å². The van der Waals surface area contributed by atoms with Crippen molar-refractivity contribution in [1.29, 1.82) is 0 Å². The van der Waals surface area contributed by atoms with E-state index in [4.69, 9.17) is 9.47 Å². The summed E-state index contributed by atoms with van der Waals surface area (Å²) < 4.78 is 10.3. The molecule has 1 aromatic heterocycles. The molecule has 0 unspecified atom stereocenters. The van der Waals surface area contributed by atoms with Crippen molar-refractivity contribution < 1.29 is 19.5 Å². The molecule has 100 valence electrons. The number of hydrogen-bond acceptors (Lipinski definition) is 5. The average Bonchev–Trinajstić information content (AvgIpc) is 2.42. The number of carbonyl (C=O) groups excluding carboxylic acids is 1. The summed E-state index contributed by atoms with van der Waals surface area (Å²) in [6.45, 7) is 1.79. The van der Waals surface area contributed by atoms with E-state index in [0.717, 1.165) is 0 Å². The lowest BCUT2D eigenvalue weighted by molar-refractivity contribution is 0.0519. The number of para-hydroxylation sites is 1. The molecule has 0 spiro atoms. The lowest BCUT2D eigenvalue weighted by Gasteiger charge is -2.10. The van der Waals surface area contributed by atoms with E-state index in [1.54, 1.807) is 25.1 Å². The Hall–Kier alpha value is -2.50. The van der Waals surface area contributed by atoms with Crippen LogP contribution in [0, 0.1) is 0 Å². The zero-order valence-electron chi connectivity index (χ0n) is 10.5. The molecule has 0 amide bonds. The minimum atomic E-state index is -0.838. The van der Waals surface area contributed by atoms with E-state index in [1.165, 1.54) is 13.2 Å². The van der Waals surface area contributed by atoms with Crippen LogP contribution in [0.4, 0.5) is 0 Å². The summed E-state index contributed by atoms with van der Waals surface area (Å²) in [4.78, 5) is 23.6. The molecule has 1 heterocycles. The summed E-state index contributed by atoms with van der Waals surface area (Å²) in [5.74, 6) is -0.424. The second-order valence-electron chi connectivity index (χ2n) is 3.79. The zero-order chi connectivity index (χ0) is 14.0. The van der Waals surface area contributed by atoms with Gasteiger partial charge in [-0.3, -0.25) is 4.79 Å². The Morgan fingerprint density at radius 3 is 2.79 bits per heavy atom. The molecule has 2 aromatic rings. The molecule has 0 fully saturated rings. The van der Waals surface area contributed by atoms with Crippen molar-refractivity contribution in [2.24, 2.45) is 0 Å². The number of benzene rings is 1. The summed E-state index contributed by atoms with van der Waals surface area (Å²) in [5, 5.41) is 10.4. The topological polar surface area (TPSA) is 77.8 Å². The van der Waals surface area contributed by atoms with Crippen molar-refractivity contribution in [3.05, 3.63) is 40.2 Å². The van der Waals surface area contributed by atoms with Crippen LogP contribution in [-0.2, 0) is 4.74 Å². The number of esters is 1. The molecule has 6 nitrogen and oxygen atoms in total. The van der Waals surface area contributed by atoms with Gasteiger partial charge in [0, 0.05) is 5.39 Å². The first-order valence-corrected chi connectivity index (χ1v) is 5.69. The monoisotopic (exact) mass is 263 g/mol. The first-order valence-electron chi connectivity index (χ1n) is 5.69. The van der Waals surface area contributed by atoms with Crippen LogP contribution in [0.15, 0.2) is 29.1 Å². The maximum atomic E-state index is 11.9. The van der Waals surface area contributed by atoms with E-state index in [9.17, 15) is 14.8 Å². The molecule has 0 saturated carbocycles. The molecule has 1 N–H and O–H groups in total. The number of fused-ring (bicyclic) bond motifs is 1. The van der Waals surface area contributed by atoms with Crippen molar-refractivity contribution in [2.45, 2.75) is 6.92 Å². The van der Waals surface area contributed by atoms with Crippen LogP contribution in [0.3, 0.4) is 0 Å². The zero-order valence-corrected chi connectivity index (χ0v) is 10.5. The Morgan fingerprint density at radius 2 is 2.16 bits per heavy atom. The maximum Gasteiger partial charge on any atom is 0.343 e. The average molecular weight is 263 g/mol. The van der Waals surface area contributed by atoms with Gasteiger partial charge in [-0.15, -0.1) is 4.73 Å². The van der Waals surface area contributed by atoms with Gasteiger partial charge >= 0.3 is 5.97 Å². The molecule has 19 heavy (non-hydrogen) atoms. The highest BCUT2D eigenvalue weighted by Crippen LogP contribution is 2.24. The van der Waals surface area contributed by atoms with Gasteiger partial charge in [-0.2, -0.15) is 0 Å². The van der Waals surface area contributed by atoms with Crippen LogP contribution in [0.25, 0.3) is 10.9 Å². The van der Waals surface area contributed by atoms with Crippen LogP contribution < -0.4 is 10.3 Å². The van der Waals surface area contributed by atoms with Gasteiger partial charge in [-0.25, -0.2) is 4.79 Å². The first kappa shape index (κ1) is 12.9. The summed E-state index contributed by atoms with van der Waals surface area (Å²) in [7, 11) is 1.43. The second-order valence-corrected chi connectivity index (χ2v) is 3.79. The van der Waals surface area contributed by atoms with Crippen LogP contribution in [0.5, 0.6) is 5.75 Å². The fourth-order valence-corrected chi connectivity index (χ4v) is 1.84.